The van der Waals surface area contributed by atoms with Gasteiger partial charge in [0.2, 0.25) is 0 Å². The molecular formula is C20H26N2O2. The number of urea groups is 1. The van der Waals surface area contributed by atoms with Crippen molar-refractivity contribution in [3.05, 3.63) is 35.4 Å². The molecule has 1 saturated carbocycles. The van der Waals surface area contributed by atoms with Gasteiger partial charge in [0.05, 0.1) is 0 Å². The third-order valence-electron chi connectivity index (χ3n) is 6.09. The Balaban J connectivity index is 1.51. The molecule has 128 valence electrons. The fourth-order valence-electron chi connectivity index (χ4n) is 4.67. The summed E-state index contributed by atoms with van der Waals surface area (Å²) in [4.78, 5) is 27.1. The fraction of sp³-hybridized carbons (Fsp3) is 0.600. The molecule has 2 fully saturated rings. The molecule has 1 atom stereocenters. The molecule has 1 unspecified atom stereocenters. The molecule has 0 aromatic heterocycles. The normalized spacial score (nSPS) is 27.9. The predicted octanol–water partition coefficient (Wildman–Crippen LogP) is 3.44. The van der Waals surface area contributed by atoms with E-state index in [1.165, 1.54) is 41.7 Å². The molecule has 3 aliphatic rings. The number of benzene rings is 1. The van der Waals surface area contributed by atoms with Crippen molar-refractivity contribution in [3.8, 4) is 0 Å². The Kier molecular flexibility index (Phi) is 4.07. The molecule has 1 heterocycles. The van der Waals surface area contributed by atoms with Crippen molar-refractivity contribution in [1.29, 1.82) is 0 Å². The molecule has 0 bridgehead atoms. The highest BCUT2D eigenvalue weighted by Crippen LogP contribution is 2.34. The van der Waals surface area contributed by atoms with Crippen molar-refractivity contribution in [3.63, 3.8) is 0 Å². The van der Waals surface area contributed by atoms with E-state index in [0.29, 0.717) is 18.9 Å². The van der Waals surface area contributed by atoms with Crippen molar-refractivity contribution in [2.75, 3.05) is 6.54 Å². The molecule has 3 amide bonds. The zero-order chi connectivity index (χ0) is 16.6. The van der Waals surface area contributed by atoms with Crippen LogP contribution in [0.4, 0.5) is 4.79 Å². The molecule has 4 nitrogen and oxygen atoms in total. The van der Waals surface area contributed by atoms with Crippen LogP contribution in [0, 0.1) is 5.92 Å². The Bertz CT molecular complexity index is 649. The van der Waals surface area contributed by atoms with Gasteiger partial charge in [-0.25, -0.2) is 4.79 Å². The summed E-state index contributed by atoms with van der Waals surface area (Å²) in [5, 5.41) is 3.05. The zero-order valence-corrected chi connectivity index (χ0v) is 14.2. The Hall–Kier alpha value is -1.84. The number of nitrogens with one attached hydrogen (secondary N) is 1. The number of nitrogens with zero attached hydrogens (tertiary/aromatic N) is 1. The van der Waals surface area contributed by atoms with Gasteiger partial charge in [-0.05, 0) is 42.7 Å². The van der Waals surface area contributed by atoms with Gasteiger partial charge in [-0.15, -0.1) is 0 Å². The van der Waals surface area contributed by atoms with Crippen LogP contribution in [0.25, 0.3) is 0 Å². The first-order valence-electron chi connectivity index (χ1n) is 9.39. The quantitative estimate of drug-likeness (QED) is 0.668. The van der Waals surface area contributed by atoms with Crippen LogP contribution >= 0.6 is 0 Å². The summed E-state index contributed by atoms with van der Waals surface area (Å²) < 4.78 is 0. The topological polar surface area (TPSA) is 49.4 Å². The van der Waals surface area contributed by atoms with Crippen molar-refractivity contribution >= 4 is 11.9 Å². The zero-order valence-electron chi connectivity index (χ0n) is 14.2. The van der Waals surface area contributed by atoms with Crippen LogP contribution < -0.4 is 5.32 Å². The molecule has 2 aliphatic carbocycles. The largest absolute Gasteiger partial charge is 0.325 e. The lowest BCUT2D eigenvalue weighted by Gasteiger charge is -2.32. The van der Waals surface area contributed by atoms with E-state index in [1.807, 2.05) is 12.1 Å². The van der Waals surface area contributed by atoms with E-state index in [2.05, 4.69) is 17.4 Å². The molecular weight excluding hydrogens is 300 g/mol. The van der Waals surface area contributed by atoms with E-state index in [4.69, 9.17) is 0 Å². The van der Waals surface area contributed by atoms with Gasteiger partial charge in [-0.2, -0.15) is 0 Å². The van der Waals surface area contributed by atoms with Gasteiger partial charge in [0.1, 0.15) is 5.54 Å². The molecule has 4 heteroatoms. The number of hydrogen-bond donors (Lipinski definition) is 1. The first kappa shape index (κ1) is 15.7. The highest BCUT2D eigenvalue weighted by molar-refractivity contribution is 6.07. The number of fused-ring (bicyclic) bond motifs is 1. The maximum absolute atomic E-state index is 13.1. The molecule has 0 radical (unpaired) electrons. The van der Waals surface area contributed by atoms with Gasteiger partial charge >= 0.3 is 6.03 Å². The van der Waals surface area contributed by atoms with Crippen LogP contribution in [-0.2, 0) is 17.6 Å². The SMILES string of the molecule is O=C1NC2(CCc3ccccc3C2)C(=O)N1CC1CCCCCC1. The van der Waals surface area contributed by atoms with Gasteiger partial charge < -0.3 is 5.32 Å². The van der Waals surface area contributed by atoms with Crippen LogP contribution in [0.15, 0.2) is 24.3 Å². The summed E-state index contributed by atoms with van der Waals surface area (Å²) in [5.74, 6) is 0.486. The van der Waals surface area contributed by atoms with Crippen molar-refractivity contribution in [1.82, 2.24) is 10.2 Å². The molecule has 1 saturated heterocycles. The second-order valence-corrected chi connectivity index (χ2v) is 7.73. The lowest BCUT2D eigenvalue weighted by Crippen LogP contribution is -2.51. The number of hydrogen-bond acceptors (Lipinski definition) is 2. The number of amides is 3. The van der Waals surface area contributed by atoms with E-state index in [-0.39, 0.29) is 11.9 Å². The van der Waals surface area contributed by atoms with Crippen molar-refractivity contribution in [2.24, 2.45) is 5.92 Å². The van der Waals surface area contributed by atoms with E-state index in [9.17, 15) is 9.59 Å². The van der Waals surface area contributed by atoms with Gasteiger partial charge in [0.25, 0.3) is 5.91 Å². The summed E-state index contributed by atoms with van der Waals surface area (Å²) in [6.45, 7) is 0.605. The van der Waals surface area contributed by atoms with Gasteiger partial charge in [0, 0.05) is 13.0 Å². The molecule has 24 heavy (non-hydrogen) atoms. The Morgan fingerprint density at radius 3 is 2.50 bits per heavy atom. The third kappa shape index (κ3) is 2.72. The molecule has 1 aromatic rings. The monoisotopic (exact) mass is 326 g/mol. The van der Waals surface area contributed by atoms with E-state index < -0.39 is 5.54 Å². The third-order valence-corrected chi connectivity index (χ3v) is 6.09. The lowest BCUT2D eigenvalue weighted by molar-refractivity contribution is -0.132. The standard InChI is InChI=1S/C20H26N2O2/c23-18-20(12-11-16-9-5-6-10-17(16)13-20)21-19(24)22(18)14-15-7-3-1-2-4-8-15/h5-6,9-10,15H,1-4,7-8,11-14H2,(H,21,24). The summed E-state index contributed by atoms with van der Waals surface area (Å²) in [5.41, 5.74) is 1.82. The average Bonchev–Trinajstić information content (AvgIpc) is 2.79. The Morgan fingerprint density at radius 1 is 1.04 bits per heavy atom. The summed E-state index contributed by atoms with van der Waals surface area (Å²) in [6.07, 6.45) is 9.54. The van der Waals surface area contributed by atoms with Crippen LogP contribution in [0.2, 0.25) is 0 Å². The molecule has 4 rings (SSSR count). The number of imide groups is 1. The van der Waals surface area contributed by atoms with Gasteiger partial charge in [-0.1, -0.05) is 49.9 Å². The number of aryl methyl sites for hydroxylation is 1. The fourth-order valence-corrected chi connectivity index (χ4v) is 4.67. The molecule has 1 spiro atoms. The first-order valence-corrected chi connectivity index (χ1v) is 9.39. The highest BCUT2D eigenvalue weighted by atomic mass is 16.2. The van der Waals surface area contributed by atoms with Gasteiger partial charge in [0.15, 0.2) is 0 Å². The minimum atomic E-state index is -0.698. The number of carbonyl (C=O) groups excluding carboxylic acids is 2. The average molecular weight is 326 g/mol. The number of carbonyl (C=O) groups is 2. The Morgan fingerprint density at radius 2 is 1.75 bits per heavy atom. The lowest BCUT2D eigenvalue weighted by atomic mass is 9.78. The summed E-state index contributed by atoms with van der Waals surface area (Å²) in [7, 11) is 0. The predicted molar refractivity (Wildman–Crippen MR) is 92.6 cm³/mol. The van der Waals surface area contributed by atoms with Crippen molar-refractivity contribution < 1.29 is 9.59 Å². The smallest absolute Gasteiger partial charge is 0.323 e. The van der Waals surface area contributed by atoms with Crippen LogP contribution in [-0.4, -0.2) is 28.9 Å². The van der Waals surface area contributed by atoms with Crippen molar-refractivity contribution in [2.45, 2.75) is 63.3 Å². The maximum Gasteiger partial charge on any atom is 0.325 e. The molecule has 1 aliphatic heterocycles. The van der Waals surface area contributed by atoms with Crippen LogP contribution in [0.3, 0.4) is 0 Å². The Labute approximate surface area is 143 Å². The summed E-state index contributed by atoms with van der Waals surface area (Å²) in [6, 6.07) is 8.10. The number of rotatable bonds is 2. The second kappa shape index (κ2) is 6.23. The second-order valence-electron chi connectivity index (χ2n) is 7.73. The molecule has 1 N–H and O–H groups in total. The van der Waals surface area contributed by atoms with E-state index in [0.717, 1.165) is 25.7 Å². The molecule has 1 aromatic carbocycles. The summed E-state index contributed by atoms with van der Waals surface area (Å²) >= 11 is 0. The first-order chi connectivity index (χ1) is 11.7. The highest BCUT2D eigenvalue weighted by Gasteiger charge is 2.52. The van der Waals surface area contributed by atoms with Crippen LogP contribution in [0.1, 0.15) is 56.1 Å². The van der Waals surface area contributed by atoms with E-state index in [1.54, 1.807) is 0 Å². The van der Waals surface area contributed by atoms with E-state index >= 15 is 0 Å². The van der Waals surface area contributed by atoms with Gasteiger partial charge in [-0.3, -0.25) is 9.69 Å². The minimum absolute atomic E-state index is 0.00579. The maximum atomic E-state index is 13.1. The minimum Gasteiger partial charge on any atom is -0.323 e. The van der Waals surface area contributed by atoms with Crippen LogP contribution in [0.5, 0.6) is 0 Å².